The maximum Gasteiger partial charge on any atom is 0.243 e. The fourth-order valence-corrected chi connectivity index (χ4v) is 4.76. The quantitative estimate of drug-likeness (QED) is 0.866. The molecule has 0 aromatic heterocycles. The van der Waals surface area contributed by atoms with Crippen LogP contribution in [0.25, 0.3) is 0 Å². The molecule has 0 bridgehead atoms. The third-order valence-electron chi connectivity index (χ3n) is 3.70. The second kappa shape index (κ2) is 5.13. The van der Waals surface area contributed by atoms with Gasteiger partial charge in [0, 0.05) is 18.3 Å². The number of nitrogen functional groups attached to an aromatic ring is 1. The van der Waals surface area contributed by atoms with Crippen LogP contribution in [0, 0.1) is 12.8 Å². The van der Waals surface area contributed by atoms with Gasteiger partial charge in [0.2, 0.25) is 10.0 Å². The van der Waals surface area contributed by atoms with E-state index in [1.54, 1.807) is 22.5 Å². The third kappa shape index (κ3) is 2.77. The van der Waals surface area contributed by atoms with E-state index in [0.717, 1.165) is 18.4 Å². The zero-order chi connectivity index (χ0) is 14.2. The molecule has 106 valence electrons. The number of hydrogen-bond donors (Lipinski definition) is 1. The van der Waals surface area contributed by atoms with Crippen molar-refractivity contribution in [1.82, 2.24) is 4.31 Å². The Bertz CT molecular complexity index is 547. The van der Waals surface area contributed by atoms with Crippen molar-refractivity contribution in [2.24, 2.45) is 5.92 Å². The van der Waals surface area contributed by atoms with Gasteiger partial charge in [-0.1, -0.05) is 13.8 Å². The van der Waals surface area contributed by atoms with Crippen LogP contribution in [-0.2, 0) is 10.0 Å². The second-order valence-electron chi connectivity index (χ2n) is 5.65. The molecular formula is C14H22N2O2S. The summed E-state index contributed by atoms with van der Waals surface area (Å²) in [4.78, 5) is 0.317. The summed E-state index contributed by atoms with van der Waals surface area (Å²) in [6, 6.07) is 5.13. The van der Waals surface area contributed by atoms with E-state index >= 15 is 0 Å². The van der Waals surface area contributed by atoms with Crippen molar-refractivity contribution in [3.05, 3.63) is 23.8 Å². The summed E-state index contributed by atoms with van der Waals surface area (Å²) in [6.45, 7) is 6.62. The lowest BCUT2D eigenvalue weighted by Crippen LogP contribution is -2.38. The molecule has 1 aromatic carbocycles. The van der Waals surface area contributed by atoms with Gasteiger partial charge in [-0.05, 0) is 49.4 Å². The predicted octanol–water partition coefficient (Wildman–Crippen LogP) is 2.39. The summed E-state index contributed by atoms with van der Waals surface area (Å²) in [5.41, 5.74) is 7.14. The molecule has 4 nitrogen and oxygen atoms in total. The molecule has 0 aliphatic carbocycles. The molecule has 0 radical (unpaired) electrons. The van der Waals surface area contributed by atoms with Crippen LogP contribution in [0.4, 0.5) is 5.69 Å². The zero-order valence-electron chi connectivity index (χ0n) is 11.8. The highest BCUT2D eigenvalue weighted by Gasteiger charge is 2.36. The molecule has 0 amide bonds. The maximum absolute atomic E-state index is 12.7. The Kier molecular flexibility index (Phi) is 3.87. The average molecular weight is 282 g/mol. The van der Waals surface area contributed by atoms with Gasteiger partial charge in [-0.3, -0.25) is 0 Å². The van der Waals surface area contributed by atoms with Gasteiger partial charge in [0.05, 0.1) is 4.90 Å². The molecule has 2 rings (SSSR count). The van der Waals surface area contributed by atoms with Gasteiger partial charge in [0.25, 0.3) is 0 Å². The molecule has 5 heteroatoms. The highest BCUT2D eigenvalue weighted by molar-refractivity contribution is 7.89. The number of benzene rings is 1. The van der Waals surface area contributed by atoms with Crippen molar-refractivity contribution < 1.29 is 8.42 Å². The molecule has 2 N–H and O–H groups in total. The van der Waals surface area contributed by atoms with Crippen LogP contribution in [0.1, 0.15) is 32.3 Å². The molecule has 1 atom stereocenters. The van der Waals surface area contributed by atoms with Crippen molar-refractivity contribution >= 4 is 15.7 Å². The van der Waals surface area contributed by atoms with Crippen molar-refractivity contribution in [1.29, 1.82) is 0 Å². The van der Waals surface area contributed by atoms with Gasteiger partial charge in [-0.25, -0.2) is 8.42 Å². The van der Waals surface area contributed by atoms with Gasteiger partial charge in [0.1, 0.15) is 0 Å². The minimum absolute atomic E-state index is 0.103. The Labute approximate surface area is 115 Å². The molecule has 1 fully saturated rings. The molecule has 0 saturated carbocycles. The number of sulfonamides is 1. The fourth-order valence-electron chi connectivity index (χ4n) is 2.79. The second-order valence-corrected chi connectivity index (χ2v) is 7.54. The van der Waals surface area contributed by atoms with Crippen LogP contribution in [0.15, 0.2) is 23.1 Å². The van der Waals surface area contributed by atoms with Crippen LogP contribution in [0.2, 0.25) is 0 Å². The zero-order valence-corrected chi connectivity index (χ0v) is 12.6. The van der Waals surface area contributed by atoms with E-state index < -0.39 is 10.0 Å². The van der Waals surface area contributed by atoms with E-state index in [0.29, 0.717) is 23.0 Å². The number of rotatable bonds is 3. The Hall–Kier alpha value is -1.07. The predicted molar refractivity (Wildman–Crippen MR) is 77.3 cm³/mol. The summed E-state index contributed by atoms with van der Waals surface area (Å²) in [7, 11) is -3.42. The van der Waals surface area contributed by atoms with Crippen molar-refractivity contribution in [3.63, 3.8) is 0 Å². The summed E-state index contributed by atoms with van der Waals surface area (Å²) in [6.07, 6.45) is 1.88. The van der Waals surface area contributed by atoms with Gasteiger partial charge >= 0.3 is 0 Å². The summed E-state index contributed by atoms with van der Waals surface area (Å²) >= 11 is 0. The molecule has 1 aromatic rings. The lowest BCUT2D eigenvalue weighted by molar-refractivity contribution is 0.316. The normalized spacial score (nSPS) is 21.2. The molecule has 1 saturated heterocycles. The Morgan fingerprint density at radius 3 is 2.58 bits per heavy atom. The third-order valence-corrected chi connectivity index (χ3v) is 5.60. The fraction of sp³-hybridized carbons (Fsp3) is 0.571. The van der Waals surface area contributed by atoms with E-state index in [-0.39, 0.29) is 6.04 Å². The average Bonchev–Trinajstić information content (AvgIpc) is 2.76. The Balaban J connectivity index is 2.42. The number of aryl methyl sites for hydroxylation is 1. The van der Waals surface area contributed by atoms with Crippen LogP contribution < -0.4 is 5.73 Å². The SMILES string of the molecule is Cc1cc(N)cc(S(=O)(=O)N2CCCC2C(C)C)c1. The van der Waals surface area contributed by atoms with Crippen LogP contribution in [0.3, 0.4) is 0 Å². The van der Waals surface area contributed by atoms with Crippen molar-refractivity contribution in [2.45, 2.75) is 44.6 Å². The van der Waals surface area contributed by atoms with Crippen LogP contribution in [0.5, 0.6) is 0 Å². The highest BCUT2D eigenvalue weighted by atomic mass is 32.2. The van der Waals surface area contributed by atoms with Gasteiger partial charge in [0.15, 0.2) is 0 Å². The molecule has 1 aliphatic heterocycles. The lowest BCUT2D eigenvalue weighted by Gasteiger charge is -2.27. The number of nitrogens with two attached hydrogens (primary N) is 1. The number of hydrogen-bond acceptors (Lipinski definition) is 3. The van der Waals surface area contributed by atoms with Crippen LogP contribution in [-0.4, -0.2) is 25.3 Å². The largest absolute Gasteiger partial charge is 0.399 e. The Morgan fingerprint density at radius 2 is 2.00 bits per heavy atom. The molecular weight excluding hydrogens is 260 g/mol. The minimum Gasteiger partial charge on any atom is -0.399 e. The minimum atomic E-state index is -3.42. The first-order valence-corrected chi connectivity index (χ1v) is 8.15. The standard InChI is InChI=1S/C14H22N2O2S/c1-10(2)14-5-4-6-16(14)19(17,18)13-8-11(3)7-12(15)9-13/h7-10,14H,4-6,15H2,1-3H3. The van der Waals surface area contributed by atoms with E-state index in [4.69, 9.17) is 5.73 Å². The van der Waals surface area contributed by atoms with Gasteiger partial charge < -0.3 is 5.73 Å². The highest BCUT2D eigenvalue weighted by Crippen LogP contribution is 2.31. The molecule has 1 unspecified atom stereocenters. The first-order chi connectivity index (χ1) is 8.82. The molecule has 19 heavy (non-hydrogen) atoms. The summed E-state index contributed by atoms with van der Waals surface area (Å²) in [5.74, 6) is 0.333. The molecule has 1 aliphatic rings. The molecule has 1 heterocycles. The maximum atomic E-state index is 12.7. The van der Waals surface area contributed by atoms with Gasteiger partial charge in [-0.2, -0.15) is 4.31 Å². The van der Waals surface area contributed by atoms with E-state index in [1.165, 1.54) is 0 Å². The van der Waals surface area contributed by atoms with Crippen molar-refractivity contribution in [3.8, 4) is 0 Å². The number of anilines is 1. The monoisotopic (exact) mass is 282 g/mol. The van der Waals surface area contributed by atoms with E-state index in [9.17, 15) is 8.42 Å². The first-order valence-electron chi connectivity index (χ1n) is 6.71. The lowest BCUT2D eigenvalue weighted by atomic mass is 10.0. The van der Waals surface area contributed by atoms with Gasteiger partial charge in [-0.15, -0.1) is 0 Å². The number of nitrogens with zero attached hydrogens (tertiary/aromatic N) is 1. The summed E-state index contributed by atoms with van der Waals surface area (Å²) in [5, 5.41) is 0. The molecule has 0 spiro atoms. The summed E-state index contributed by atoms with van der Waals surface area (Å²) < 4.78 is 27.1. The first kappa shape index (κ1) is 14.3. The van der Waals surface area contributed by atoms with Crippen LogP contribution >= 0.6 is 0 Å². The van der Waals surface area contributed by atoms with E-state index in [1.807, 2.05) is 6.92 Å². The smallest absolute Gasteiger partial charge is 0.243 e. The van der Waals surface area contributed by atoms with Crippen molar-refractivity contribution in [2.75, 3.05) is 12.3 Å². The van der Waals surface area contributed by atoms with E-state index in [2.05, 4.69) is 13.8 Å². The Morgan fingerprint density at radius 1 is 1.32 bits per heavy atom. The topological polar surface area (TPSA) is 63.4 Å².